The van der Waals surface area contributed by atoms with Crippen LogP contribution < -0.4 is 5.32 Å². The highest BCUT2D eigenvalue weighted by Crippen LogP contribution is 2.33. The van der Waals surface area contributed by atoms with Crippen LogP contribution in [-0.2, 0) is 4.79 Å². The second-order valence-electron chi connectivity index (χ2n) is 4.79. The number of carbonyl (C=O) groups excluding carboxylic acids is 1. The molecule has 22 heavy (non-hydrogen) atoms. The molecule has 1 atom stereocenters. The van der Waals surface area contributed by atoms with E-state index in [4.69, 9.17) is 12.2 Å². The Morgan fingerprint density at radius 2 is 2.32 bits per heavy atom. The van der Waals surface area contributed by atoms with E-state index in [0.717, 1.165) is 4.90 Å². The van der Waals surface area contributed by atoms with Gasteiger partial charge >= 0.3 is 6.18 Å². The van der Waals surface area contributed by atoms with Gasteiger partial charge in [0.15, 0.2) is 0 Å². The largest absolute Gasteiger partial charge is 0.511 e. The van der Waals surface area contributed by atoms with Crippen LogP contribution in [0.4, 0.5) is 19.0 Å². The number of thiazole rings is 1. The molecule has 1 aromatic rings. The number of amides is 1. The zero-order valence-electron chi connectivity index (χ0n) is 11.3. The van der Waals surface area contributed by atoms with Crippen LogP contribution in [0.5, 0.6) is 0 Å². The van der Waals surface area contributed by atoms with Crippen molar-refractivity contribution in [2.75, 3.05) is 18.9 Å². The van der Waals surface area contributed by atoms with Gasteiger partial charge in [-0.05, 0) is 0 Å². The van der Waals surface area contributed by atoms with E-state index in [1.54, 1.807) is 5.38 Å². The molecular weight excluding hydrogens is 339 g/mol. The van der Waals surface area contributed by atoms with Crippen LogP contribution in [0.15, 0.2) is 22.2 Å². The summed E-state index contributed by atoms with van der Waals surface area (Å²) in [6.07, 6.45) is -5.67. The van der Waals surface area contributed by atoms with E-state index >= 15 is 0 Å². The van der Waals surface area contributed by atoms with Crippen molar-refractivity contribution in [3.05, 3.63) is 22.2 Å². The number of aromatic nitrogens is 1. The Morgan fingerprint density at radius 1 is 1.64 bits per heavy atom. The molecule has 0 aliphatic carbocycles. The first kappa shape index (κ1) is 16.7. The molecule has 1 amide bonds. The highest BCUT2D eigenvalue weighted by atomic mass is 32.1. The van der Waals surface area contributed by atoms with Crippen molar-refractivity contribution in [1.82, 2.24) is 9.88 Å². The van der Waals surface area contributed by atoms with Gasteiger partial charge in [-0.3, -0.25) is 4.79 Å². The number of thiocarbonyl (C=S) groups is 1. The van der Waals surface area contributed by atoms with Gasteiger partial charge in [0.2, 0.25) is 0 Å². The summed E-state index contributed by atoms with van der Waals surface area (Å²) in [6.45, 7) is -0.215. The number of halogens is 3. The highest BCUT2D eigenvalue weighted by Gasteiger charge is 2.40. The van der Waals surface area contributed by atoms with Gasteiger partial charge in [-0.2, -0.15) is 13.2 Å². The van der Waals surface area contributed by atoms with Crippen molar-refractivity contribution in [1.29, 1.82) is 0 Å². The average Bonchev–Trinajstić information content (AvgIpc) is 2.87. The van der Waals surface area contributed by atoms with Gasteiger partial charge < -0.3 is 15.3 Å². The smallest absolute Gasteiger partial charge is 0.389 e. The first-order valence-electron chi connectivity index (χ1n) is 6.14. The lowest BCUT2D eigenvalue weighted by Gasteiger charge is -2.31. The minimum atomic E-state index is -4.45. The van der Waals surface area contributed by atoms with Crippen LogP contribution in [-0.4, -0.2) is 45.7 Å². The number of hydrogen-bond acceptors (Lipinski definition) is 5. The Morgan fingerprint density at radius 3 is 2.86 bits per heavy atom. The Bertz CT molecular complexity index is 614. The Kier molecular flexibility index (Phi) is 4.71. The molecule has 0 bridgehead atoms. The topological polar surface area (TPSA) is 65.5 Å². The van der Waals surface area contributed by atoms with E-state index in [1.807, 2.05) is 0 Å². The van der Waals surface area contributed by atoms with Gasteiger partial charge in [-0.1, -0.05) is 12.2 Å². The van der Waals surface area contributed by atoms with Crippen molar-refractivity contribution < 1.29 is 23.1 Å². The minimum Gasteiger partial charge on any atom is -0.511 e. The van der Waals surface area contributed by atoms with E-state index < -0.39 is 30.2 Å². The highest BCUT2D eigenvalue weighted by molar-refractivity contribution is 7.81. The lowest BCUT2D eigenvalue weighted by Crippen LogP contribution is -2.43. The van der Waals surface area contributed by atoms with Crippen LogP contribution in [0.25, 0.3) is 0 Å². The van der Waals surface area contributed by atoms with Crippen molar-refractivity contribution >= 4 is 40.3 Å². The fraction of sp³-hybridized carbons (Fsp3) is 0.417. The lowest BCUT2D eigenvalue weighted by molar-refractivity contribution is -0.149. The summed E-state index contributed by atoms with van der Waals surface area (Å²) in [5.74, 6) is -2.12. The summed E-state index contributed by atoms with van der Waals surface area (Å²) in [6, 6.07) is 0. The first-order chi connectivity index (χ1) is 10.2. The van der Waals surface area contributed by atoms with Crippen LogP contribution in [0.2, 0.25) is 0 Å². The van der Waals surface area contributed by atoms with Crippen molar-refractivity contribution in [2.45, 2.75) is 12.6 Å². The molecule has 0 aromatic carbocycles. The molecule has 0 spiro atoms. The van der Waals surface area contributed by atoms with Gasteiger partial charge in [0.25, 0.3) is 5.91 Å². The van der Waals surface area contributed by atoms with E-state index in [2.05, 4.69) is 10.3 Å². The molecule has 1 aromatic heterocycles. The number of hydrogen-bond donors (Lipinski definition) is 2. The number of nitrogens with zero attached hydrogens (tertiary/aromatic N) is 2. The van der Waals surface area contributed by atoms with E-state index in [1.165, 1.54) is 23.9 Å². The molecule has 1 aliphatic rings. The molecule has 2 rings (SSSR count). The molecule has 0 saturated heterocycles. The predicted octanol–water partition coefficient (Wildman–Crippen LogP) is 2.74. The third-order valence-electron chi connectivity index (χ3n) is 3.08. The number of aliphatic hydroxyl groups excluding tert-OH is 1. The fourth-order valence-electron chi connectivity index (χ4n) is 2.11. The molecule has 2 heterocycles. The van der Waals surface area contributed by atoms with Gasteiger partial charge in [0.1, 0.15) is 22.1 Å². The summed E-state index contributed by atoms with van der Waals surface area (Å²) in [5, 5.41) is 14.3. The maximum Gasteiger partial charge on any atom is 0.389 e. The second-order valence-corrected chi connectivity index (χ2v) is 5.92. The van der Waals surface area contributed by atoms with Gasteiger partial charge in [-0.15, -0.1) is 11.3 Å². The Labute approximate surface area is 133 Å². The third kappa shape index (κ3) is 3.74. The van der Waals surface area contributed by atoms with Crippen molar-refractivity contribution in [3.63, 3.8) is 0 Å². The Balaban J connectivity index is 2.29. The SMILES string of the molecule is CN1C[C@@H](CC(F)(F)F)C(O)=C(C(=S)Nc2cscn2)C1=O. The summed E-state index contributed by atoms with van der Waals surface area (Å²) in [7, 11) is 1.36. The fourth-order valence-corrected chi connectivity index (χ4v) is 2.89. The maximum atomic E-state index is 12.6. The normalized spacial score (nSPS) is 19.5. The average molecular weight is 351 g/mol. The van der Waals surface area contributed by atoms with E-state index in [0.29, 0.717) is 5.82 Å². The summed E-state index contributed by atoms with van der Waals surface area (Å²) in [5.41, 5.74) is 1.21. The molecule has 5 nitrogen and oxygen atoms in total. The standard InChI is InChI=1S/C12H12F3N3O2S2/c1-18-3-6(2-12(13,14)15)9(19)8(11(18)20)10(21)17-7-4-22-5-16-7/h4-6,19H,2-3H2,1H3,(H,17,21)/t6-/m1/s1. The van der Waals surface area contributed by atoms with E-state index in [9.17, 15) is 23.1 Å². The first-order valence-corrected chi connectivity index (χ1v) is 7.49. The predicted molar refractivity (Wildman–Crippen MR) is 79.8 cm³/mol. The zero-order valence-corrected chi connectivity index (χ0v) is 13.0. The van der Waals surface area contributed by atoms with Crippen LogP contribution in [0.1, 0.15) is 6.42 Å². The lowest BCUT2D eigenvalue weighted by atomic mass is 9.93. The summed E-state index contributed by atoms with van der Waals surface area (Å²) in [4.78, 5) is 17.0. The molecule has 2 N–H and O–H groups in total. The Hall–Kier alpha value is -1.68. The molecule has 10 heteroatoms. The monoisotopic (exact) mass is 351 g/mol. The molecular formula is C12H12F3N3O2S2. The molecule has 0 unspecified atom stereocenters. The second kappa shape index (κ2) is 6.21. The number of likely N-dealkylation sites (N-methyl/N-ethyl adjacent to an activating group) is 1. The summed E-state index contributed by atoms with van der Waals surface area (Å²) < 4.78 is 37.7. The van der Waals surface area contributed by atoms with Gasteiger partial charge in [0.05, 0.1) is 11.9 Å². The minimum absolute atomic E-state index is 0.146. The molecule has 0 radical (unpaired) electrons. The quantitative estimate of drug-likeness (QED) is 0.820. The van der Waals surface area contributed by atoms with Crippen LogP contribution in [0.3, 0.4) is 0 Å². The van der Waals surface area contributed by atoms with Gasteiger partial charge in [-0.25, -0.2) is 4.98 Å². The number of carbonyl (C=O) groups is 1. The number of alkyl halides is 3. The number of nitrogens with one attached hydrogen (secondary N) is 1. The van der Waals surface area contributed by atoms with Crippen molar-refractivity contribution in [3.8, 4) is 0 Å². The summed E-state index contributed by atoms with van der Waals surface area (Å²) >= 11 is 6.31. The maximum absolute atomic E-state index is 12.6. The van der Waals surface area contributed by atoms with E-state index in [-0.39, 0.29) is 17.1 Å². The number of aliphatic hydroxyl groups is 1. The van der Waals surface area contributed by atoms with Gasteiger partial charge in [0, 0.05) is 24.9 Å². The molecule has 0 saturated carbocycles. The van der Waals surface area contributed by atoms with Crippen LogP contribution >= 0.6 is 23.6 Å². The molecule has 1 aliphatic heterocycles. The van der Waals surface area contributed by atoms with Crippen LogP contribution in [0, 0.1) is 5.92 Å². The zero-order chi connectivity index (χ0) is 16.5. The number of anilines is 1. The number of rotatable bonds is 3. The third-order valence-corrected chi connectivity index (χ3v) is 3.97. The molecule has 120 valence electrons. The molecule has 0 fully saturated rings. The van der Waals surface area contributed by atoms with Crippen molar-refractivity contribution in [2.24, 2.45) is 5.92 Å².